The summed E-state index contributed by atoms with van der Waals surface area (Å²) >= 11 is 0. The number of carboxylic acids is 1. The minimum Gasteiger partial charge on any atom is -0.481 e. The third-order valence-electron chi connectivity index (χ3n) is 15.8. The van der Waals surface area contributed by atoms with E-state index in [2.05, 4.69) is 33.0 Å². The fourth-order valence-electron chi connectivity index (χ4n) is 12.2. The number of rotatable bonds is 7. The molecule has 1 heterocycles. The van der Waals surface area contributed by atoms with Gasteiger partial charge in [-0.15, -0.1) is 0 Å². The van der Waals surface area contributed by atoms with Gasteiger partial charge in [0, 0.05) is 11.8 Å². The van der Waals surface area contributed by atoms with Crippen LogP contribution in [0.2, 0.25) is 0 Å². The highest BCUT2D eigenvalue weighted by molar-refractivity contribution is 5.96. The summed E-state index contributed by atoms with van der Waals surface area (Å²) in [5.41, 5.74) is -2.05. The quantitative estimate of drug-likeness (QED) is 0.267. The normalized spacial score (nSPS) is 42.6. The van der Waals surface area contributed by atoms with Gasteiger partial charge in [-0.2, -0.15) is 0 Å². The first-order valence-corrected chi connectivity index (χ1v) is 19.5. The maximum absolute atomic E-state index is 14.9. The molecule has 1 aromatic rings. The number of fused-ring (bicyclic) bond motifs is 7. The Bertz CT molecular complexity index is 1770. The highest BCUT2D eigenvalue weighted by atomic mass is 16.6. The van der Waals surface area contributed by atoms with E-state index in [-0.39, 0.29) is 64.5 Å². The molecule has 0 bridgehead atoms. The molecule has 1 amide bonds. The maximum Gasteiger partial charge on any atom is 0.519 e. The summed E-state index contributed by atoms with van der Waals surface area (Å²) in [5, 5.41) is 13.4. The van der Waals surface area contributed by atoms with E-state index in [0.717, 1.165) is 44.1 Å². The summed E-state index contributed by atoms with van der Waals surface area (Å²) in [6.45, 7) is 16.3. The molecule has 0 saturated heterocycles. The van der Waals surface area contributed by atoms with Crippen molar-refractivity contribution >= 4 is 23.8 Å². The molecule has 52 heavy (non-hydrogen) atoms. The van der Waals surface area contributed by atoms with Gasteiger partial charge in [0.05, 0.1) is 16.9 Å². The number of hydrogen-bond acceptors (Lipinski definition) is 9. The number of carbonyl (C=O) groups excluding carboxylic acids is 3. The Labute approximate surface area is 306 Å². The molecule has 7 rings (SSSR count). The van der Waals surface area contributed by atoms with Crippen molar-refractivity contribution in [3.8, 4) is 0 Å². The number of ketones is 1. The SMILES string of the molecule is CC(C)c1oc(=O)oc1COC(=O)N[C@]1(C)[C@@H](OC(=O)C2CC2)CC[C@@]2(C)[C@H]1CC[C@]1(C)[C@@H]2C(=O)C=C2[C@@H]3C[C@@](C)(C(=O)O)CC[C@]3(C)CC[C@]21C. The van der Waals surface area contributed by atoms with E-state index in [4.69, 9.17) is 18.3 Å². The Morgan fingerprint density at radius 3 is 2.27 bits per heavy atom. The molecular weight excluding hydrogens is 666 g/mol. The second-order valence-corrected chi connectivity index (χ2v) is 19.2. The summed E-state index contributed by atoms with van der Waals surface area (Å²) in [5.74, 6) is -2.17. The molecule has 11 nitrogen and oxygen atoms in total. The fourth-order valence-corrected chi connectivity index (χ4v) is 12.2. The minimum atomic E-state index is -1.06. The smallest absolute Gasteiger partial charge is 0.481 e. The molecular formula is C41H57NO10. The zero-order chi connectivity index (χ0) is 37.8. The van der Waals surface area contributed by atoms with Crippen LogP contribution in [-0.2, 0) is 30.5 Å². The molecule has 286 valence electrons. The molecule has 0 aromatic carbocycles. The van der Waals surface area contributed by atoms with Gasteiger partial charge in [-0.25, -0.2) is 9.59 Å². The first-order valence-electron chi connectivity index (χ1n) is 19.5. The third kappa shape index (κ3) is 5.44. The zero-order valence-electron chi connectivity index (χ0n) is 32.1. The first-order chi connectivity index (χ1) is 24.2. The van der Waals surface area contributed by atoms with Crippen LogP contribution in [0.5, 0.6) is 0 Å². The highest BCUT2D eigenvalue weighted by Gasteiger charge is 2.71. The monoisotopic (exact) mass is 723 g/mol. The lowest BCUT2D eigenvalue weighted by molar-refractivity contribution is -0.201. The lowest BCUT2D eigenvalue weighted by atomic mass is 9.34. The van der Waals surface area contributed by atoms with E-state index in [1.165, 1.54) is 0 Å². The molecule has 2 N–H and O–H groups in total. The van der Waals surface area contributed by atoms with Gasteiger partial charge < -0.3 is 28.7 Å². The van der Waals surface area contributed by atoms with Gasteiger partial charge in [0.2, 0.25) is 0 Å². The van der Waals surface area contributed by atoms with Crippen LogP contribution in [0, 0.1) is 50.7 Å². The second-order valence-electron chi connectivity index (χ2n) is 19.2. The number of amides is 1. The van der Waals surface area contributed by atoms with Crippen LogP contribution >= 0.6 is 0 Å². The van der Waals surface area contributed by atoms with Crippen LogP contribution in [0.4, 0.5) is 4.79 Å². The summed E-state index contributed by atoms with van der Waals surface area (Å²) < 4.78 is 22.2. The van der Waals surface area contributed by atoms with Crippen molar-refractivity contribution in [3.05, 3.63) is 33.8 Å². The average Bonchev–Trinajstić information content (AvgIpc) is 3.84. The standard InChI is InChI=1S/C41H57NO10/c1-22(2)30-27(50-35(48)52-30)21-49-34(47)42-41(8)28-11-14-40(7)31(38(28,5)13-12-29(41)51-32(44)23-9-10-23)26(43)19-24-25-20-37(4,33(45)46)16-15-36(25,3)17-18-39(24,40)6/h19,22-23,25,28-29,31H,9-18,20-21H2,1-8H3,(H,42,47)(H,45,46)/t25-,28+,29-,31+,36+,37-,38-,39+,40+,41-/m0/s1. The van der Waals surface area contributed by atoms with Crippen LogP contribution in [0.3, 0.4) is 0 Å². The Kier molecular flexibility index (Phi) is 8.58. The van der Waals surface area contributed by atoms with E-state index in [9.17, 15) is 29.1 Å². The van der Waals surface area contributed by atoms with Crippen LogP contribution in [-0.4, -0.2) is 40.6 Å². The van der Waals surface area contributed by atoms with Gasteiger partial charge in [0.1, 0.15) is 6.10 Å². The van der Waals surface area contributed by atoms with E-state index in [1.807, 2.05) is 33.8 Å². The van der Waals surface area contributed by atoms with E-state index < -0.39 is 45.8 Å². The topological polar surface area (TPSA) is 162 Å². The Morgan fingerprint density at radius 2 is 1.62 bits per heavy atom. The number of nitrogens with one attached hydrogen (secondary N) is 1. The molecule has 10 atom stereocenters. The number of alkyl carbamates (subject to hydrolysis) is 1. The molecule has 5 saturated carbocycles. The van der Waals surface area contributed by atoms with Crippen molar-refractivity contribution in [2.45, 2.75) is 150 Å². The number of carbonyl (C=O) groups is 4. The van der Waals surface area contributed by atoms with Gasteiger partial charge in [0.15, 0.2) is 23.9 Å². The molecule has 1 aromatic heterocycles. The second kappa shape index (κ2) is 12.1. The zero-order valence-corrected chi connectivity index (χ0v) is 32.1. The maximum atomic E-state index is 14.9. The van der Waals surface area contributed by atoms with E-state index >= 15 is 0 Å². The molecule has 6 aliphatic rings. The molecule has 0 aliphatic heterocycles. The molecule has 0 spiro atoms. The lowest BCUT2D eigenvalue weighted by Crippen LogP contribution is -2.72. The van der Waals surface area contributed by atoms with Crippen molar-refractivity contribution in [1.29, 1.82) is 0 Å². The van der Waals surface area contributed by atoms with Crippen LogP contribution < -0.4 is 11.1 Å². The van der Waals surface area contributed by atoms with Gasteiger partial charge in [-0.05, 0) is 124 Å². The molecule has 6 aliphatic carbocycles. The molecule has 0 unspecified atom stereocenters. The number of carboxylic acid groups (broad SMARTS) is 1. The highest BCUT2D eigenvalue weighted by Crippen LogP contribution is 2.74. The van der Waals surface area contributed by atoms with E-state index in [0.29, 0.717) is 37.9 Å². The molecule has 5 fully saturated rings. The lowest BCUT2D eigenvalue weighted by Gasteiger charge is -2.70. The summed E-state index contributed by atoms with van der Waals surface area (Å²) in [6, 6.07) is 0. The predicted molar refractivity (Wildman–Crippen MR) is 189 cm³/mol. The third-order valence-corrected chi connectivity index (χ3v) is 15.8. The van der Waals surface area contributed by atoms with Gasteiger partial charge in [0.25, 0.3) is 0 Å². The molecule has 11 heteroatoms. The van der Waals surface area contributed by atoms with Crippen molar-refractivity contribution in [1.82, 2.24) is 5.32 Å². The number of hydrogen-bond donors (Lipinski definition) is 2. The van der Waals surface area contributed by atoms with Gasteiger partial charge in [-0.3, -0.25) is 14.4 Å². The Hall–Kier alpha value is -3.37. The fraction of sp³-hybridized carbons (Fsp3) is 0.780. The Balaban J connectivity index is 1.22. The van der Waals surface area contributed by atoms with Crippen LogP contribution in [0.15, 0.2) is 25.3 Å². The van der Waals surface area contributed by atoms with Crippen molar-refractivity contribution in [2.75, 3.05) is 0 Å². The molecule has 0 radical (unpaired) electrons. The van der Waals surface area contributed by atoms with Crippen LogP contribution in [0.1, 0.15) is 143 Å². The number of esters is 1. The summed E-state index contributed by atoms with van der Waals surface area (Å²) in [6.07, 6.45) is 8.60. The van der Waals surface area contributed by atoms with Gasteiger partial charge >= 0.3 is 23.9 Å². The van der Waals surface area contributed by atoms with Gasteiger partial charge in [-0.1, -0.05) is 47.1 Å². The summed E-state index contributed by atoms with van der Waals surface area (Å²) in [4.78, 5) is 66.1. The number of ether oxygens (including phenoxy) is 2. The first kappa shape index (κ1) is 37.0. The van der Waals surface area contributed by atoms with Crippen LogP contribution in [0.25, 0.3) is 0 Å². The van der Waals surface area contributed by atoms with E-state index in [1.54, 1.807) is 0 Å². The van der Waals surface area contributed by atoms with Crippen molar-refractivity contribution in [2.24, 2.45) is 50.7 Å². The minimum absolute atomic E-state index is 0.0171. The number of aliphatic carboxylic acids is 1. The van der Waals surface area contributed by atoms with Crippen molar-refractivity contribution in [3.63, 3.8) is 0 Å². The largest absolute Gasteiger partial charge is 0.519 e. The number of allylic oxidation sites excluding steroid dienone is 2. The predicted octanol–water partition coefficient (Wildman–Crippen LogP) is 7.70. The van der Waals surface area contributed by atoms with Crippen molar-refractivity contribution < 1.29 is 42.6 Å². The summed E-state index contributed by atoms with van der Waals surface area (Å²) in [7, 11) is 0. The average molecular weight is 724 g/mol. The Morgan fingerprint density at radius 1 is 0.923 bits per heavy atom.